The Labute approximate surface area is 152 Å². The van der Waals surface area contributed by atoms with Crippen LogP contribution in [-0.4, -0.2) is 59.5 Å². The van der Waals surface area contributed by atoms with Gasteiger partial charge in [-0.1, -0.05) is 0 Å². The second kappa shape index (κ2) is 6.72. The highest BCUT2D eigenvalue weighted by Crippen LogP contribution is 2.38. The molecule has 0 unspecified atom stereocenters. The normalized spacial score (nSPS) is 20.6. The molecule has 0 spiro atoms. The molecule has 0 saturated carbocycles. The van der Waals surface area contributed by atoms with Gasteiger partial charge in [-0.25, -0.2) is 4.39 Å². The molecule has 2 N–H and O–H groups in total. The van der Waals surface area contributed by atoms with Crippen LogP contribution in [0.1, 0.15) is 18.4 Å². The molecule has 0 bridgehead atoms. The number of piperidine rings is 1. The number of aromatic nitrogens is 2. The number of nitrogens with zero attached hydrogens (tertiary/aromatic N) is 4. The summed E-state index contributed by atoms with van der Waals surface area (Å²) in [4.78, 5) is 4.72. The molecule has 138 valence electrons. The number of benzene rings is 1. The van der Waals surface area contributed by atoms with Crippen molar-refractivity contribution in [2.75, 3.05) is 43.4 Å². The summed E-state index contributed by atoms with van der Waals surface area (Å²) in [6, 6.07) is 4.42. The Bertz CT molecular complexity index is 828. The van der Waals surface area contributed by atoms with Crippen LogP contribution in [0.15, 0.2) is 18.2 Å². The fraction of sp³-hybridized carbons (Fsp3) is 0.474. The molecule has 1 aromatic carbocycles. The fourth-order valence-electron chi connectivity index (χ4n) is 4.04. The Kier molecular flexibility index (Phi) is 4.40. The van der Waals surface area contributed by atoms with Crippen LogP contribution in [0.4, 0.5) is 15.9 Å². The quantitative estimate of drug-likeness (QED) is 0.861. The predicted molar refractivity (Wildman–Crippen MR) is 100 cm³/mol. The van der Waals surface area contributed by atoms with E-state index in [-0.39, 0.29) is 5.75 Å². The molecule has 0 radical (unpaired) electrons. The van der Waals surface area contributed by atoms with Gasteiger partial charge in [-0.05, 0) is 45.5 Å². The Hall–Kier alpha value is -2.41. The molecule has 2 aliphatic heterocycles. The monoisotopic (exact) mass is 357 g/mol. The molecule has 7 heteroatoms. The van der Waals surface area contributed by atoms with Crippen molar-refractivity contribution in [1.82, 2.24) is 15.1 Å². The molecule has 0 aliphatic carbocycles. The van der Waals surface area contributed by atoms with Crippen molar-refractivity contribution in [2.45, 2.75) is 25.8 Å². The number of nitrogens with one attached hydrogen (secondary N) is 1. The zero-order valence-electron chi connectivity index (χ0n) is 15.2. The standard InChI is InChI=1S/C19H24FN5O/c1-12-17(15-6-5-13(20)10-16(15)26)22-23-19-18(12)21-7-9-25(19)14-4-3-8-24(2)11-14/h5-6,10,14,21,26H,3-4,7-9,11H2,1-2H3/t14-/m0/s1. The Balaban J connectivity index is 1.72. The van der Waals surface area contributed by atoms with Gasteiger partial charge < -0.3 is 20.2 Å². The van der Waals surface area contributed by atoms with Crippen molar-refractivity contribution in [3.63, 3.8) is 0 Å². The van der Waals surface area contributed by atoms with Gasteiger partial charge in [0.1, 0.15) is 17.3 Å². The van der Waals surface area contributed by atoms with E-state index < -0.39 is 5.82 Å². The number of likely N-dealkylation sites (tertiary alicyclic amines) is 1. The summed E-state index contributed by atoms with van der Waals surface area (Å²) in [5, 5.41) is 22.4. The van der Waals surface area contributed by atoms with Crippen molar-refractivity contribution < 1.29 is 9.50 Å². The first kappa shape index (κ1) is 17.0. The van der Waals surface area contributed by atoms with E-state index in [1.165, 1.54) is 12.5 Å². The average molecular weight is 357 g/mol. The number of rotatable bonds is 2. The van der Waals surface area contributed by atoms with E-state index in [2.05, 4.69) is 32.4 Å². The zero-order chi connectivity index (χ0) is 18.3. The predicted octanol–water partition coefficient (Wildman–Crippen LogP) is 2.62. The molecule has 1 atom stereocenters. The van der Waals surface area contributed by atoms with Gasteiger partial charge in [0.25, 0.3) is 0 Å². The van der Waals surface area contributed by atoms with E-state index in [0.29, 0.717) is 17.3 Å². The molecule has 2 aliphatic rings. The first-order valence-electron chi connectivity index (χ1n) is 9.10. The number of phenols is 1. The van der Waals surface area contributed by atoms with Crippen LogP contribution in [0.5, 0.6) is 5.75 Å². The van der Waals surface area contributed by atoms with Crippen LogP contribution in [-0.2, 0) is 0 Å². The zero-order valence-corrected chi connectivity index (χ0v) is 15.2. The lowest BCUT2D eigenvalue weighted by molar-refractivity contribution is 0.244. The van der Waals surface area contributed by atoms with Crippen LogP contribution in [0, 0.1) is 12.7 Å². The van der Waals surface area contributed by atoms with Gasteiger partial charge >= 0.3 is 0 Å². The summed E-state index contributed by atoms with van der Waals surface area (Å²) in [5.74, 6) is 0.281. The molecule has 4 rings (SSSR count). The van der Waals surface area contributed by atoms with Crippen molar-refractivity contribution >= 4 is 11.5 Å². The number of likely N-dealkylation sites (N-methyl/N-ethyl adjacent to an activating group) is 1. The number of phenolic OH excluding ortho intramolecular Hbond substituents is 1. The van der Waals surface area contributed by atoms with Gasteiger partial charge in [-0.3, -0.25) is 0 Å². The molecule has 3 heterocycles. The number of hydrogen-bond donors (Lipinski definition) is 2. The van der Waals surface area contributed by atoms with Crippen LogP contribution in [0.3, 0.4) is 0 Å². The highest BCUT2D eigenvalue weighted by atomic mass is 19.1. The van der Waals surface area contributed by atoms with Gasteiger partial charge in [-0.15, -0.1) is 10.2 Å². The summed E-state index contributed by atoms with van der Waals surface area (Å²) in [6.45, 7) is 5.88. The summed E-state index contributed by atoms with van der Waals surface area (Å²) >= 11 is 0. The lowest BCUT2D eigenvalue weighted by Gasteiger charge is -2.41. The van der Waals surface area contributed by atoms with Gasteiger partial charge in [0, 0.05) is 42.9 Å². The number of anilines is 2. The summed E-state index contributed by atoms with van der Waals surface area (Å²) < 4.78 is 13.3. The molecule has 1 saturated heterocycles. The lowest BCUT2D eigenvalue weighted by Crippen LogP contribution is -2.50. The average Bonchev–Trinajstić information content (AvgIpc) is 2.62. The van der Waals surface area contributed by atoms with E-state index >= 15 is 0 Å². The van der Waals surface area contributed by atoms with Gasteiger partial charge in [0.2, 0.25) is 0 Å². The molecule has 6 nitrogen and oxygen atoms in total. The number of halogens is 1. The Morgan fingerprint density at radius 3 is 2.88 bits per heavy atom. The third-order valence-electron chi connectivity index (χ3n) is 5.38. The molecular weight excluding hydrogens is 333 g/mol. The Morgan fingerprint density at radius 1 is 1.27 bits per heavy atom. The fourth-order valence-corrected chi connectivity index (χ4v) is 4.04. The number of fused-ring (bicyclic) bond motifs is 1. The topological polar surface area (TPSA) is 64.5 Å². The summed E-state index contributed by atoms with van der Waals surface area (Å²) in [6.07, 6.45) is 2.35. The van der Waals surface area contributed by atoms with Crippen molar-refractivity contribution in [3.8, 4) is 17.0 Å². The van der Waals surface area contributed by atoms with E-state index in [1.54, 1.807) is 6.07 Å². The molecule has 1 fully saturated rings. The van der Waals surface area contributed by atoms with Crippen LogP contribution >= 0.6 is 0 Å². The Morgan fingerprint density at radius 2 is 2.12 bits per heavy atom. The van der Waals surface area contributed by atoms with Crippen molar-refractivity contribution in [3.05, 3.63) is 29.6 Å². The van der Waals surface area contributed by atoms with Gasteiger partial charge in [0.05, 0.1) is 5.69 Å². The minimum absolute atomic E-state index is 0.121. The van der Waals surface area contributed by atoms with Crippen molar-refractivity contribution in [2.24, 2.45) is 0 Å². The van der Waals surface area contributed by atoms with Crippen LogP contribution in [0.2, 0.25) is 0 Å². The van der Waals surface area contributed by atoms with E-state index in [4.69, 9.17) is 0 Å². The van der Waals surface area contributed by atoms with Crippen LogP contribution < -0.4 is 10.2 Å². The lowest BCUT2D eigenvalue weighted by atomic mass is 10.0. The highest BCUT2D eigenvalue weighted by molar-refractivity contribution is 5.80. The van der Waals surface area contributed by atoms with Gasteiger partial charge in [-0.2, -0.15) is 0 Å². The molecular formula is C19H24FN5O. The van der Waals surface area contributed by atoms with Crippen LogP contribution in [0.25, 0.3) is 11.3 Å². The summed E-state index contributed by atoms with van der Waals surface area (Å²) in [7, 11) is 2.16. The maximum absolute atomic E-state index is 13.3. The second-order valence-corrected chi connectivity index (χ2v) is 7.21. The number of aromatic hydroxyl groups is 1. The molecule has 1 aromatic heterocycles. The highest BCUT2D eigenvalue weighted by Gasteiger charge is 2.30. The molecule has 0 amide bonds. The minimum Gasteiger partial charge on any atom is -0.507 e. The van der Waals surface area contributed by atoms with E-state index in [9.17, 15) is 9.50 Å². The summed E-state index contributed by atoms with van der Waals surface area (Å²) in [5.41, 5.74) is 2.95. The third kappa shape index (κ3) is 2.96. The van der Waals surface area contributed by atoms with E-state index in [0.717, 1.165) is 55.7 Å². The largest absolute Gasteiger partial charge is 0.507 e. The maximum atomic E-state index is 13.3. The second-order valence-electron chi connectivity index (χ2n) is 7.21. The van der Waals surface area contributed by atoms with Gasteiger partial charge in [0.15, 0.2) is 5.82 Å². The first-order valence-corrected chi connectivity index (χ1v) is 9.10. The molecule has 2 aromatic rings. The SMILES string of the molecule is Cc1c(-c2ccc(F)cc2O)nnc2c1NCCN2[C@H]1CCCN(C)C1. The maximum Gasteiger partial charge on any atom is 0.175 e. The first-order chi connectivity index (χ1) is 12.5. The third-order valence-corrected chi connectivity index (χ3v) is 5.38. The van der Waals surface area contributed by atoms with Crippen molar-refractivity contribution in [1.29, 1.82) is 0 Å². The number of hydrogen-bond acceptors (Lipinski definition) is 6. The smallest absolute Gasteiger partial charge is 0.175 e. The minimum atomic E-state index is -0.472. The molecule has 26 heavy (non-hydrogen) atoms. The van der Waals surface area contributed by atoms with E-state index in [1.807, 2.05) is 6.92 Å².